The Morgan fingerprint density at radius 3 is 1.69 bits per heavy atom. The molecule has 8 rings (SSSR count). The van der Waals surface area contributed by atoms with Gasteiger partial charge in [-0.05, 0) is 97.5 Å². The summed E-state index contributed by atoms with van der Waals surface area (Å²) in [4.78, 5) is 0. The summed E-state index contributed by atoms with van der Waals surface area (Å²) < 4.78 is 14.8. The molecule has 0 amide bonds. The van der Waals surface area contributed by atoms with E-state index in [1.54, 1.807) is 17.2 Å². The van der Waals surface area contributed by atoms with Gasteiger partial charge in [0.25, 0.3) is 0 Å². The summed E-state index contributed by atoms with van der Waals surface area (Å²) in [5.74, 6) is 1.24. The van der Waals surface area contributed by atoms with Gasteiger partial charge in [-0.25, -0.2) is 4.39 Å². The van der Waals surface area contributed by atoms with Crippen LogP contribution >= 0.6 is 0 Å². The van der Waals surface area contributed by atoms with Gasteiger partial charge < -0.3 is 0 Å². The van der Waals surface area contributed by atoms with Gasteiger partial charge in [0.15, 0.2) is 0 Å². The molecule has 0 N–H and O–H groups in total. The van der Waals surface area contributed by atoms with Gasteiger partial charge in [-0.1, -0.05) is 97.1 Å². The van der Waals surface area contributed by atoms with E-state index < -0.39 is 0 Å². The average molecular weight is 465 g/mol. The van der Waals surface area contributed by atoms with Crippen molar-refractivity contribution < 1.29 is 4.39 Å². The van der Waals surface area contributed by atoms with E-state index in [1.165, 1.54) is 57.5 Å². The van der Waals surface area contributed by atoms with Crippen LogP contribution in [0.1, 0.15) is 42.2 Å². The van der Waals surface area contributed by atoms with Gasteiger partial charge in [0, 0.05) is 5.39 Å². The van der Waals surface area contributed by atoms with Crippen LogP contribution in [0.5, 0.6) is 0 Å². The van der Waals surface area contributed by atoms with E-state index in [2.05, 4.69) is 66.7 Å². The molecule has 1 heteroatoms. The number of hydrogen-bond donors (Lipinski definition) is 0. The number of benzene rings is 6. The molecule has 2 aliphatic rings. The molecule has 2 atom stereocenters. The maximum atomic E-state index is 14.8. The molecule has 2 bridgehead atoms. The number of halogens is 1. The summed E-state index contributed by atoms with van der Waals surface area (Å²) in [5.41, 5.74) is 8.19. The average Bonchev–Trinajstić information content (AvgIpc) is 3.56. The maximum Gasteiger partial charge on any atom is 0.131 e. The smallest absolute Gasteiger partial charge is 0.131 e. The Bertz CT molecular complexity index is 1790. The molecular formula is C35H25F. The first-order chi connectivity index (χ1) is 17.8. The first-order valence-corrected chi connectivity index (χ1v) is 13.0. The fourth-order valence-electron chi connectivity index (χ4n) is 7.33. The van der Waals surface area contributed by atoms with Crippen molar-refractivity contribution >= 4 is 32.3 Å². The van der Waals surface area contributed by atoms with Crippen molar-refractivity contribution in [2.24, 2.45) is 0 Å². The fourth-order valence-corrected chi connectivity index (χ4v) is 7.33. The lowest BCUT2D eigenvalue weighted by Gasteiger charge is -2.23. The minimum atomic E-state index is -0.172. The molecule has 1 saturated carbocycles. The van der Waals surface area contributed by atoms with E-state index in [0.717, 1.165) is 16.9 Å². The lowest BCUT2D eigenvalue weighted by Crippen LogP contribution is -2.01. The zero-order chi connectivity index (χ0) is 23.8. The predicted octanol–water partition coefficient (Wildman–Crippen LogP) is 9.98. The monoisotopic (exact) mass is 464 g/mol. The van der Waals surface area contributed by atoms with Crippen LogP contribution in [0.15, 0.2) is 103 Å². The molecule has 6 aromatic carbocycles. The summed E-state index contributed by atoms with van der Waals surface area (Å²) in [6.07, 6.45) is 3.95. The molecule has 0 aliphatic heterocycles. The molecule has 0 spiro atoms. The lowest BCUT2D eigenvalue weighted by atomic mass is 9.80. The van der Waals surface area contributed by atoms with Crippen molar-refractivity contribution in [3.63, 3.8) is 0 Å². The zero-order valence-electron chi connectivity index (χ0n) is 20.0. The third-order valence-electron chi connectivity index (χ3n) is 8.76. The van der Waals surface area contributed by atoms with Crippen LogP contribution in [-0.2, 0) is 0 Å². The largest absolute Gasteiger partial charge is 0.206 e. The van der Waals surface area contributed by atoms with Crippen molar-refractivity contribution in [1.29, 1.82) is 0 Å². The standard InChI is InChI=1S/C35H25F/c36-32-19-18-30(24-8-1-2-9-25(24)32)34-26-10-3-5-12-28(26)35(29-13-6-4-11-27(29)34)31-15-7-14-23-21-16-17-22(20-21)33(23)31/h1-15,18-19,21-22H,16-17,20H2. The van der Waals surface area contributed by atoms with Crippen LogP contribution in [0, 0.1) is 5.82 Å². The zero-order valence-corrected chi connectivity index (χ0v) is 20.0. The van der Waals surface area contributed by atoms with Crippen LogP contribution in [0.2, 0.25) is 0 Å². The quantitative estimate of drug-likeness (QED) is 0.224. The van der Waals surface area contributed by atoms with E-state index in [1.807, 2.05) is 30.3 Å². The fraction of sp³-hybridized carbons (Fsp3) is 0.143. The molecule has 0 radical (unpaired) electrons. The highest BCUT2D eigenvalue weighted by atomic mass is 19.1. The van der Waals surface area contributed by atoms with E-state index in [-0.39, 0.29) is 5.82 Å². The third kappa shape index (κ3) is 2.69. The van der Waals surface area contributed by atoms with Crippen molar-refractivity contribution in [2.45, 2.75) is 31.1 Å². The molecule has 6 aromatic rings. The number of rotatable bonds is 2. The normalized spacial score (nSPS) is 18.4. The van der Waals surface area contributed by atoms with Crippen LogP contribution in [0.3, 0.4) is 0 Å². The Hall–Kier alpha value is -3.97. The van der Waals surface area contributed by atoms with Crippen molar-refractivity contribution in [3.8, 4) is 22.3 Å². The summed E-state index contributed by atoms with van der Waals surface area (Å²) in [7, 11) is 0. The van der Waals surface area contributed by atoms with Crippen LogP contribution in [-0.4, -0.2) is 0 Å². The first kappa shape index (κ1) is 20.2. The summed E-state index contributed by atoms with van der Waals surface area (Å²) in [5, 5.41) is 6.63. The van der Waals surface area contributed by atoms with E-state index in [9.17, 15) is 4.39 Å². The molecule has 0 saturated heterocycles. The minimum absolute atomic E-state index is 0.172. The number of fused-ring (bicyclic) bond motifs is 8. The van der Waals surface area contributed by atoms with E-state index in [0.29, 0.717) is 11.3 Å². The van der Waals surface area contributed by atoms with Gasteiger partial charge in [0.05, 0.1) is 0 Å². The molecule has 0 heterocycles. The maximum absolute atomic E-state index is 14.8. The summed E-state index contributed by atoms with van der Waals surface area (Å²) in [6.45, 7) is 0. The summed E-state index contributed by atoms with van der Waals surface area (Å²) >= 11 is 0. The highest BCUT2D eigenvalue weighted by molar-refractivity contribution is 6.23. The van der Waals surface area contributed by atoms with Crippen molar-refractivity contribution in [3.05, 3.63) is 120 Å². The first-order valence-electron chi connectivity index (χ1n) is 13.0. The molecule has 0 nitrogen and oxygen atoms in total. The highest BCUT2D eigenvalue weighted by Crippen LogP contribution is 2.57. The van der Waals surface area contributed by atoms with Gasteiger partial charge >= 0.3 is 0 Å². The van der Waals surface area contributed by atoms with E-state index >= 15 is 0 Å². The Morgan fingerprint density at radius 2 is 1.03 bits per heavy atom. The second-order valence-corrected chi connectivity index (χ2v) is 10.5. The lowest BCUT2D eigenvalue weighted by molar-refractivity contribution is 0.640. The Kier molecular flexibility index (Phi) is 4.22. The van der Waals surface area contributed by atoms with Crippen LogP contribution in [0.4, 0.5) is 4.39 Å². The molecule has 36 heavy (non-hydrogen) atoms. The topological polar surface area (TPSA) is 0 Å². The van der Waals surface area contributed by atoms with Gasteiger partial charge in [-0.15, -0.1) is 0 Å². The molecule has 2 unspecified atom stereocenters. The van der Waals surface area contributed by atoms with E-state index in [4.69, 9.17) is 0 Å². The van der Waals surface area contributed by atoms with Gasteiger partial charge in [-0.3, -0.25) is 0 Å². The van der Waals surface area contributed by atoms with Crippen molar-refractivity contribution in [1.82, 2.24) is 0 Å². The minimum Gasteiger partial charge on any atom is -0.206 e. The van der Waals surface area contributed by atoms with Crippen LogP contribution in [0.25, 0.3) is 54.6 Å². The second kappa shape index (κ2) is 7.51. The third-order valence-corrected chi connectivity index (χ3v) is 8.76. The molecule has 2 aliphatic carbocycles. The van der Waals surface area contributed by atoms with Crippen LogP contribution < -0.4 is 0 Å². The van der Waals surface area contributed by atoms with Crippen molar-refractivity contribution in [2.75, 3.05) is 0 Å². The Balaban J connectivity index is 1.54. The Morgan fingerprint density at radius 1 is 0.472 bits per heavy atom. The SMILES string of the molecule is Fc1ccc(-c2c3ccccc3c(-c3cccc4c3C3CCC4C3)c3ccccc23)c2ccccc12. The molecule has 0 aromatic heterocycles. The predicted molar refractivity (Wildman–Crippen MR) is 149 cm³/mol. The summed E-state index contributed by atoms with van der Waals surface area (Å²) in [6, 6.07) is 36.0. The second-order valence-electron chi connectivity index (χ2n) is 10.5. The number of hydrogen-bond acceptors (Lipinski definition) is 0. The highest BCUT2D eigenvalue weighted by Gasteiger charge is 2.38. The molecule has 1 fully saturated rings. The molecule has 172 valence electrons. The molecular weight excluding hydrogens is 439 g/mol. The Labute approximate surface area is 210 Å². The van der Waals surface area contributed by atoms with Gasteiger partial charge in [-0.2, -0.15) is 0 Å². The van der Waals surface area contributed by atoms with Gasteiger partial charge in [0.1, 0.15) is 5.82 Å². The van der Waals surface area contributed by atoms with Gasteiger partial charge in [0.2, 0.25) is 0 Å².